The minimum atomic E-state index is -4.41. The molecule has 0 spiro atoms. The third kappa shape index (κ3) is 74.3. The molecule has 0 aliphatic heterocycles. The van der Waals surface area contributed by atoms with Gasteiger partial charge in [-0.15, -0.1) is 0 Å². The average molecular weight is 1280 g/mol. The number of allylic oxidation sites excluding steroid dienone is 28. The van der Waals surface area contributed by atoms with Gasteiger partial charge in [0.25, 0.3) is 0 Å². The molecular formula is C81H134NO8P. The SMILES string of the molecule is CC/C=C\C/C=C\C/C=C\C/C=C\C/C=C\C/C=C\C/C=C\CCCCCCCCCCCCCCCCCCCCCC(=O)OC(COC(=O)CCCCCCCCC/C=C\C/C=C\C/C=C\C/C=C\C/C=C\C/C=C\C/C=C\CC)COP(=O)(O)OCCN. The number of ether oxygens (including phenoxy) is 2. The lowest BCUT2D eigenvalue weighted by atomic mass is 10.0. The molecule has 3 N–H and O–H groups in total. The lowest BCUT2D eigenvalue weighted by Gasteiger charge is -2.19. The summed E-state index contributed by atoms with van der Waals surface area (Å²) in [6.07, 6.45) is 110. The first-order valence-corrected chi connectivity index (χ1v) is 38.1. The summed E-state index contributed by atoms with van der Waals surface area (Å²) in [5.41, 5.74) is 5.40. The number of rotatable bonds is 67. The van der Waals surface area contributed by atoms with Crippen LogP contribution in [0.15, 0.2) is 170 Å². The van der Waals surface area contributed by atoms with Gasteiger partial charge in [-0.25, -0.2) is 4.57 Å². The smallest absolute Gasteiger partial charge is 0.462 e. The minimum absolute atomic E-state index is 0.0452. The first-order valence-electron chi connectivity index (χ1n) is 36.6. The Balaban J connectivity index is 3.90. The number of hydrogen-bond donors (Lipinski definition) is 2. The normalized spacial score (nSPS) is 13.9. The van der Waals surface area contributed by atoms with Crippen molar-refractivity contribution in [1.29, 1.82) is 0 Å². The fourth-order valence-corrected chi connectivity index (χ4v) is 10.5. The molecule has 0 saturated carbocycles. The van der Waals surface area contributed by atoms with Crippen LogP contribution >= 0.6 is 7.82 Å². The van der Waals surface area contributed by atoms with Crippen LogP contribution < -0.4 is 5.73 Å². The van der Waals surface area contributed by atoms with Crippen molar-refractivity contribution in [2.45, 2.75) is 302 Å². The monoisotopic (exact) mass is 1280 g/mol. The van der Waals surface area contributed by atoms with Gasteiger partial charge in [0.05, 0.1) is 13.2 Å². The van der Waals surface area contributed by atoms with E-state index in [-0.39, 0.29) is 32.6 Å². The van der Waals surface area contributed by atoms with Crippen molar-refractivity contribution in [3.05, 3.63) is 170 Å². The standard InChI is InChI=1S/C81H134NO8P/c1-3-5-7-9-11-13-15-17-19-21-23-25-27-29-31-33-34-35-36-37-38-39-40-41-42-43-44-46-48-50-52-54-56-58-60-62-64-66-68-70-72-74-81(84)90-79(78-89-91(85,86)88-76-75-82)77-87-80(83)73-71-69-67-65-63-61-59-57-55-53-51-49-47-45-32-30-28-26-24-22-20-18-16-14-12-10-8-6-4-2/h5-8,11-14,17-20,23-26,29-32,34-35,37-38,47,49,53,55,79H,3-4,9-10,15-16,21-22,27-28,33,36,39-46,48,50-52,54,56-78,82H2,1-2H3,(H,85,86)/b7-5-,8-6-,13-11-,14-12-,19-17-,20-18-,25-23-,26-24-,31-29-,32-30-,35-34-,38-37-,49-47-,55-53-. The Morgan fingerprint density at radius 3 is 0.846 bits per heavy atom. The van der Waals surface area contributed by atoms with Crippen LogP contribution in [0.5, 0.6) is 0 Å². The second kappa shape index (κ2) is 74.4. The van der Waals surface area contributed by atoms with Gasteiger partial charge < -0.3 is 20.1 Å². The molecule has 0 amide bonds. The van der Waals surface area contributed by atoms with Gasteiger partial charge in [-0.1, -0.05) is 325 Å². The molecule has 10 heteroatoms. The molecule has 0 bridgehead atoms. The number of esters is 2. The van der Waals surface area contributed by atoms with Crippen molar-refractivity contribution in [2.24, 2.45) is 5.73 Å². The molecule has 0 aromatic heterocycles. The average Bonchev–Trinajstić information content (AvgIpc) is 3.74. The lowest BCUT2D eigenvalue weighted by Crippen LogP contribution is -2.29. The lowest BCUT2D eigenvalue weighted by molar-refractivity contribution is -0.161. The number of hydrogen-bond acceptors (Lipinski definition) is 8. The molecule has 516 valence electrons. The van der Waals surface area contributed by atoms with Crippen molar-refractivity contribution in [3.63, 3.8) is 0 Å². The summed E-state index contributed by atoms with van der Waals surface area (Å²) in [5, 5.41) is 0. The van der Waals surface area contributed by atoms with Gasteiger partial charge in [0, 0.05) is 19.4 Å². The maximum absolute atomic E-state index is 12.8. The van der Waals surface area contributed by atoms with E-state index < -0.39 is 32.5 Å². The number of nitrogens with two attached hydrogens (primary N) is 1. The van der Waals surface area contributed by atoms with Crippen molar-refractivity contribution >= 4 is 19.8 Å². The highest BCUT2D eigenvalue weighted by Gasteiger charge is 2.26. The second-order valence-corrected chi connectivity index (χ2v) is 25.1. The Hall–Kier alpha value is -4.63. The summed E-state index contributed by atoms with van der Waals surface area (Å²) in [7, 11) is -4.41. The van der Waals surface area contributed by atoms with Crippen LogP contribution in [0.4, 0.5) is 0 Å². The van der Waals surface area contributed by atoms with Gasteiger partial charge in [-0.05, 0) is 128 Å². The molecule has 0 aromatic rings. The van der Waals surface area contributed by atoms with Crippen molar-refractivity contribution in [1.82, 2.24) is 0 Å². The zero-order valence-electron chi connectivity index (χ0n) is 58.0. The summed E-state index contributed by atoms with van der Waals surface area (Å²) < 4.78 is 33.2. The first-order chi connectivity index (χ1) is 44.8. The summed E-state index contributed by atoms with van der Waals surface area (Å²) in [4.78, 5) is 35.4. The molecule has 9 nitrogen and oxygen atoms in total. The third-order valence-corrected chi connectivity index (χ3v) is 16.1. The van der Waals surface area contributed by atoms with Gasteiger partial charge in [0.1, 0.15) is 6.61 Å². The van der Waals surface area contributed by atoms with E-state index in [4.69, 9.17) is 24.3 Å². The van der Waals surface area contributed by atoms with Crippen LogP contribution in [0.3, 0.4) is 0 Å². The predicted molar refractivity (Wildman–Crippen MR) is 394 cm³/mol. The number of carbonyl (C=O) groups excluding carboxylic acids is 2. The molecule has 0 aromatic carbocycles. The quantitative estimate of drug-likeness (QED) is 0.0264. The zero-order chi connectivity index (χ0) is 65.8. The van der Waals surface area contributed by atoms with Crippen molar-refractivity contribution in [2.75, 3.05) is 26.4 Å². The van der Waals surface area contributed by atoms with Gasteiger partial charge in [0.2, 0.25) is 0 Å². The van der Waals surface area contributed by atoms with Gasteiger partial charge in [0.15, 0.2) is 6.10 Å². The topological polar surface area (TPSA) is 134 Å². The van der Waals surface area contributed by atoms with Crippen LogP contribution in [0.25, 0.3) is 0 Å². The Kier molecular flexibility index (Phi) is 70.6. The van der Waals surface area contributed by atoms with Crippen LogP contribution in [0.1, 0.15) is 296 Å². The van der Waals surface area contributed by atoms with E-state index in [1.165, 1.54) is 122 Å². The number of carbonyl (C=O) groups is 2. The molecule has 0 radical (unpaired) electrons. The van der Waals surface area contributed by atoms with Crippen LogP contribution in [0.2, 0.25) is 0 Å². The highest BCUT2D eigenvalue weighted by molar-refractivity contribution is 7.47. The van der Waals surface area contributed by atoms with Crippen LogP contribution in [0, 0.1) is 0 Å². The summed E-state index contributed by atoms with van der Waals surface area (Å²) in [5.74, 6) is -0.842. The summed E-state index contributed by atoms with van der Waals surface area (Å²) in [6.45, 7) is 3.51. The maximum atomic E-state index is 12.8. The van der Waals surface area contributed by atoms with Crippen molar-refractivity contribution < 1.29 is 37.6 Å². The van der Waals surface area contributed by atoms with Gasteiger partial charge >= 0.3 is 19.8 Å². The van der Waals surface area contributed by atoms with E-state index in [0.717, 1.165) is 135 Å². The molecule has 2 unspecified atom stereocenters. The van der Waals surface area contributed by atoms with Gasteiger partial charge in [-0.2, -0.15) is 0 Å². The molecule has 0 heterocycles. The van der Waals surface area contributed by atoms with E-state index in [2.05, 4.69) is 184 Å². The Morgan fingerprint density at radius 2 is 0.571 bits per heavy atom. The highest BCUT2D eigenvalue weighted by atomic mass is 31.2. The van der Waals surface area contributed by atoms with Gasteiger partial charge in [-0.3, -0.25) is 18.6 Å². The van der Waals surface area contributed by atoms with E-state index in [9.17, 15) is 19.0 Å². The molecule has 0 aliphatic carbocycles. The summed E-state index contributed by atoms with van der Waals surface area (Å²) in [6, 6.07) is 0. The second-order valence-electron chi connectivity index (χ2n) is 23.7. The molecule has 0 rings (SSSR count). The minimum Gasteiger partial charge on any atom is -0.462 e. The van der Waals surface area contributed by atoms with E-state index in [1.54, 1.807) is 0 Å². The fourth-order valence-electron chi connectivity index (χ4n) is 9.78. The van der Waals surface area contributed by atoms with Crippen molar-refractivity contribution in [3.8, 4) is 0 Å². The molecule has 0 saturated heterocycles. The van der Waals surface area contributed by atoms with Crippen LogP contribution in [-0.4, -0.2) is 49.3 Å². The summed E-state index contributed by atoms with van der Waals surface area (Å²) >= 11 is 0. The first kappa shape index (κ1) is 86.4. The molecule has 0 fully saturated rings. The Labute approximate surface area is 559 Å². The zero-order valence-corrected chi connectivity index (χ0v) is 58.9. The number of phosphoric acid groups is 1. The fraction of sp³-hybridized carbons (Fsp3) is 0.630. The number of phosphoric ester groups is 1. The molecule has 2 atom stereocenters. The van der Waals surface area contributed by atoms with E-state index in [0.29, 0.717) is 12.8 Å². The molecule has 91 heavy (non-hydrogen) atoms. The van der Waals surface area contributed by atoms with E-state index in [1.807, 2.05) is 0 Å². The van der Waals surface area contributed by atoms with E-state index >= 15 is 0 Å². The molecule has 0 aliphatic rings. The van der Waals surface area contributed by atoms with Crippen LogP contribution in [-0.2, 0) is 32.7 Å². The maximum Gasteiger partial charge on any atom is 0.472 e. The Bertz CT molecular complexity index is 2100. The predicted octanol–water partition coefficient (Wildman–Crippen LogP) is 24.5. The largest absolute Gasteiger partial charge is 0.472 e. The molecular weight excluding hydrogens is 1150 g/mol. The Morgan fingerprint density at radius 1 is 0.330 bits per heavy atom. The highest BCUT2D eigenvalue weighted by Crippen LogP contribution is 2.43. The number of unbranched alkanes of at least 4 members (excludes halogenated alkanes) is 26. The third-order valence-electron chi connectivity index (χ3n) is 15.1.